The summed E-state index contributed by atoms with van der Waals surface area (Å²) in [6, 6.07) is 14.0. The molecule has 0 radical (unpaired) electrons. The lowest BCUT2D eigenvalue weighted by atomic mass is 10.0. The topological polar surface area (TPSA) is 68.0 Å². The number of nitrogens with one attached hydrogen (secondary N) is 1. The van der Waals surface area contributed by atoms with Crippen molar-refractivity contribution < 1.29 is 13.7 Å². The van der Waals surface area contributed by atoms with Gasteiger partial charge in [-0.15, -0.1) is 0 Å². The Morgan fingerprint density at radius 3 is 2.79 bits per heavy atom. The Morgan fingerprint density at radius 2 is 2.04 bits per heavy atom. The van der Waals surface area contributed by atoms with Crippen molar-refractivity contribution in [1.82, 2.24) is 10.1 Å². The van der Waals surface area contributed by atoms with Crippen molar-refractivity contribution in [2.24, 2.45) is 0 Å². The second kappa shape index (κ2) is 6.24. The second-order valence-electron chi connectivity index (χ2n) is 7.03. The quantitative estimate of drug-likeness (QED) is 0.526. The van der Waals surface area contributed by atoms with Gasteiger partial charge in [-0.1, -0.05) is 40.8 Å². The van der Waals surface area contributed by atoms with Crippen molar-refractivity contribution in [1.29, 1.82) is 0 Å². The predicted molar refractivity (Wildman–Crippen MR) is 106 cm³/mol. The van der Waals surface area contributed by atoms with Crippen LogP contribution in [0.2, 0.25) is 0 Å². The lowest BCUT2D eigenvalue weighted by molar-refractivity contribution is -0.118. The minimum atomic E-state index is -0.736. The number of nitrogens with zero attached hydrogens (tertiary/aromatic N) is 2. The zero-order chi connectivity index (χ0) is 19.3. The molecule has 140 valence electrons. The van der Waals surface area contributed by atoms with Crippen molar-refractivity contribution in [3.05, 3.63) is 65.6 Å². The number of anilines is 1. The highest BCUT2D eigenvalue weighted by Crippen LogP contribution is 2.49. The summed E-state index contributed by atoms with van der Waals surface area (Å²) in [7, 11) is 0. The fraction of sp³-hybridized carbons (Fsp3) is 0.190. The number of hydrogen-bond donors (Lipinski definition) is 1. The van der Waals surface area contributed by atoms with Gasteiger partial charge in [0.25, 0.3) is 0 Å². The van der Waals surface area contributed by atoms with Crippen LogP contribution in [-0.4, -0.2) is 16.0 Å². The average molecular weight is 393 g/mol. The molecule has 5 nitrogen and oxygen atoms in total. The fourth-order valence-electron chi connectivity index (χ4n) is 3.37. The van der Waals surface area contributed by atoms with E-state index >= 15 is 0 Å². The van der Waals surface area contributed by atoms with Gasteiger partial charge in [-0.2, -0.15) is 0 Å². The molecule has 2 aromatic heterocycles. The van der Waals surface area contributed by atoms with E-state index in [1.54, 1.807) is 24.3 Å². The third kappa shape index (κ3) is 2.70. The van der Waals surface area contributed by atoms with Crippen LogP contribution in [0.1, 0.15) is 24.1 Å². The Kier molecular flexibility index (Phi) is 3.80. The molecule has 1 amide bonds. The number of carbonyl (C=O) groups excluding carboxylic acids is 1. The number of fused-ring (bicyclic) bond motifs is 1. The largest absolute Gasteiger partial charge is 0.356 e. The molecule has 2 heterocycles. The van der Waals surface area contributed by atoms with Crippen LogP contribution >= 0.6 is 11.3 Å². The Labute approximate surface area is 164 Å². The van der Waals surface area contributed by atoms with E-state index in [4.69, 9.17) is 4.52 Å². The summed E-state index contributed by atoms with van der Waals surface area (Å²) >= 11 is 1.45. The number of aryl methyl sites for hydroxylation is 1. The molecule has 0 atom stereocenters. The molecular weight excluding hydrogens is 377 g/mol. The van der Waals surface area contributed by atoms with E-state index in [0.29, 0.717) is 35.0 Å². The van der Waals surface area contributed by atoms with Crippen molar-refractivity contribution in [2.75, 3.05) is 5.32 Å². The summed E-state index contributed by atoms with van der Waals surface area (Å²) in [5.41, 5.74) is 2.09. The van der Waals surface area contributed by atoms with Gasteiger partial charge in [-0.05, 0) is 43.5 Å². The molecule has 1 aliphatic rings. The standard InChI is InChI=1S/C21H16FN3O2S/c1-12-5-4-8-16-18(12)23-20(28-16)24-19(26)21(9-10-21)17-11-15(27-25-17)13-6-2-3-7-14(13)22/h2-8,11H,9-10H2,1H3,(H,23,24,26). The Bertz CT molecular complexity index is 1210. The highest BCUT2D eigenvalue weighted by molar-refractivity contribution is 7.22. The number of rotatable bonds is 4. The normalized spacial score (nSPS) is 14.9. The van der Waals surface area contributed by atoms with Gasteiger partial charge < -0.3 is 9.84 Å². The summed E-state index contributed by atoms with van der Waals surface area (Å²) in [5, 5.41) is 7.57. The van der Waals surface area contributed by atoms with Gasteiger partial charge >= 0.3 is 0 Å². The molecule has 1 aliphatic carbocycles. The number of para-hydroxylation sites is 1. The third-order valence-electron chi connectivity index (χ3n) is 5.17. The first-order valence-electron chi connectivity index (χ1n) is 8.96. The van der Waals surface area contributed by atoms with Crippen molar-refractivity contribution in [3.8, 4) is 11.3 Å². The van der Waals surface area contributed by atoms with Gasteiger partial charge in [0, 0.05) is 6.07 Å². The van der Waals surface area contributed by atoms with Crippen LogP contribution in [0.15, 0.2) is 53.1 Å². The molecule has 1 saturated carbocycles. The van der Waals surface area contributed by atoms with Crippen molar-refractivity contribution in [3.63, 3.8) is 0 Å². The first-order chi connectivity index (χ1) is 13.6. The highest BCUT2D eigenvalue weighted by Gasteiger charge is 2.54. The highest BCUT2D eigenvalue weighted by atomic mass is 32.1. The van der Waals surface area contributed by atoms with Gasteiger partial charge in [-0.3, -0.25) is 4.79 Å². The first-order valence-corrected chi connectivity index (χ1v) is 9.78. The molecule has 2 aromatic carbocycles. The van der Waals surface area contributed by atoms with Crippen LogP contribution in [0.25, 0.3) is 21.5 Å². The monoisotopic (exact) mass is 393 g/mol. The molecule has 28 heavy (non-hydrogen) atoms. The van der Waals surface area contributed by atoms with Crippen LogP contribution in [0.4, 0.5) is 9.52 Å². The molecular formula is C21H16FN3O2S. The van der Waals surface area contributed by atoms with Crippen molar-refractivity contribution >= 4 is 32.6 Å². The van der Waals surface area contributed by atoms with Gasteiger partial charge in [0.2, 0.25) is 5.91 Å². The molecule has 5 rings (SSSR count). The van der Waals surface area contributed by atoms with E-state index in [-0.39, 0.29) is 11.7 Å². The predicted octanol–water partition coefficient (Wildman–Crippen LogP) is 5.07. The number of halogens is 1. The summed E-state index contributed by atoms with van der Waals surface area (Å²) in [5.74, 6) is -0.218. The van der Waals surface area contributed by atoms with Gasteiger partial charge in [0.05, 0.1) is 26.9 Å². The molecule has 0 spiro atoms. The van der Waals surface area contributed by atoms with Gasteiger partial charge in [0.1, 0.15) is 5.82 Å². The van der Waals surface area contributed by atoms with Crippen LogP contribution in [0.5, 0.6) is 0 Å². The Balaban J connectivity index is 1.42. The molecule has 7 heteroatoms. The Hall–Kier alpha value is -3.06. The van der Waals surface area contributed by atoms with Gasteiger partial charge in [-0.25, -0.2) is 9.37 Å². The Morgan fingerprint density at radius 1 is 1.21 bits per heavy atom. The van der Waals surface area contributed by atoms with Crippen LogP contribution in [0.3, 0.4) is 0 Å². The molecule has 0 aliphatic heterocycles. The zero-order valence-corrected chi connectivity index (χ0v) is 15.8. The summed E-state index contributed by atoms with van der Waals surface area (Å²) < 4.78 is 20.4. The fourth-order valence-corrected chi connectivity index (χ4v) is 4.31. The summed E-state index contributed by atoms with van der Waals surface area (Å²) in [6.45, 7) is 2.00. The summed E-state index contributed by atoms with van der Waals surface area (Å²) in [4.78, 5) is 17.5. The number of thiazole rings is 1. The maximum Gasteiger partial charge on any atom is 0.238 e. The van der Waals surface area contributed by atoms with E-state index in [1.807, 2.05) is 25.1 Å². The molecule has 1 N–H and O–H groups in total. The maximum atomic E-state index is 14.0. The smallest absolute Gasteiger partial charge is 0.238 e. The minimum absolute atomic E-state index is 0.155. The molecule has 1 fully saturated rings. The van der Waals surface area contributed by atoms with E-state index in [0.717, 1.165) is 15.8 Å². The van der Waals surface area contributed by atoms with E-state index in [9.17, 15) is 9.18 Å². The maximum absolute atomic E-state index is 14.0. The number of benzene rings is 2. The molecule has 0 bridgehead atoms. The zero-order valence-electron chi connectivity index (χ0n) is 15.0. The van der Waals surface area contributed by atoms with E-state index in [2.05, 4.69) is 15.5 Å². The third-order valence-corrected chi connectivity index (χ3v) is 6.10. The second-order valence-corrected chi connectivity index (χ2v) is 8.06. The van der Waals surface area contributed by atoms with Crippen molar-refractivity contribution in [2.45, 2.75) is 25.2 Å². The lowest BCUT2D eigenvalue weighted by Crippen LogP contribution is -2.28. The molecule has 0 saturated heterocycles. The number of amides is 1. The average Bonchev–Trinajstić information content (AvgIpc) is 3.16. The van der Waals surface area contributed by atoms with Gasteiger partial charge in [0.15, 0.2) is 10.9 Å². The van der Waals surface area contributed by atoms with Crippen LogP contribution in [0, 0.1) is 12.7 Å². The molecule has 0 unspecified atom stereocenters. The number of aromatic nitrogens is 2. The number of carbonyl (C=O) groups is 1. The minimum Gasteiger partial charge on any atom is -0.356 e. The lowest BCUT2D eigenvalue weighted by Gasteiger charge is -2.10. The number of hydrogen-bond acceptors (Lipinski definition) is 5. The van der Waals surface area contributed by atoms with Crippen LogP contribution in [-0.2, 0) is 10.2 Å². The summed E-state index contributed by atoms with van der Waals surface area (Å²) in [6.07, 6.45) is 1.35. The molecule has 4 aromatic rings. The first kappa shape index (κ1) is 17.1. The SMILES string of the molecule is Cc1cccc2sc(NC(=O)C3(c4cc(-c5ccccc5F)on4)CC3)nc12. The van der Waals surface area contributed by atoms with E-state index < -0.39 is 5.41 Å². The van der Waals surface area contributed by atoms with E-state index in [1.165, 1.54) is 17.4 Å². The van der Waals surface area contributed by atoms with Crippen LogP contribution < -0.4 is 5.32 Å².